The van der Waals surface area contributed by atoms with Gasteiger partial charge in [-0.3, -0.25) is 0 Å². The third-order valence-corrected chi connectivity index (χ3v) is 3.61. The Balaban J connectivity index is 2.14. The molecule has 0 aliphatic rings. The number of ether oxygens (including phenoxy) is 2. The van der Waals surface area contributed by atoms with Gasteiger partial charge in [-0.05, 0) is 52.0 Å². The summed E-state index contributed by atoms with van der Waals surface area (Å²) in [6.07, 6.45) is -0.775. The molecule has 2 aromatic rings. The van der Waals surface area contributed by atoms with E-state index < -0.39 is 23.9 Å². The second kappa shape index (κ2) is 10.2. The third kappa shape index (κ3) is 5.91. The molecule has 0 unspecified atom stereocenters. The summed E-state index contributed by atoms with van der Waals surface area (Å²) in [5.74, 6) is -3.57. The summed E-state index contributed by atoms with van der Waals surface area (Å²) in [5, 5.41) is 0. The van der Waals surface area contributed by atoms with E-state index in [4.69, 9.17) is 9.47 Å². The Hall–Kier alpha value is -3.68. The first-order valence-corrected chi connectivity index (χ1v) is 9.24. The SMILES string of the molecule is CC(C)OC(=O)c1ccccc1C(=O)OOC(=O)c1ccccc1C(=O)OC(C)C. The smallest absolute Gasteiger partial charge is 0.387 e. The average molecular weight is 414 g/mol. The molecule has 30 heavy (non-hydrogen) atoms. The van der Waals surface area contributed by atoms with Gasteiger partial charge in [-0.1, -0.05) is 24.3 Å². The molecule has 0 aliphatic heterocycles. The van der Waals surface area contributed by atoms with Crippen molar-refractivity contribution in [2.45, 2.75) is 39.9 Å². The predicted octanol–water partition coefficient (Wildman–Crippen LogP) is 3.75. The molecule has 158 valence electrons. The first-order chi connectivity index (χ1) is 14.2. The van der Waals surface area contributed by atoms with Gasteiger partial charge in [0.05, 0.1) is 34.5 Å². The lowest BCUT2D eigenvalue weighted by molar-refractivity contribution is -0.187. The molecule has 0 radical (unpaired) electrons. The minimum Gasteiger partial charge on any atom is -0.459 e. The number of rotatable bonds is 6. The molecule has 8 heteroatoms. The number of carbonyl (C=O) groups is 4. The van der Waals surface area contributed by atoms with Crippen LogP contribution in [0.15, 0.2) is 48.5 Å². The fourth-order valence-electron chi connectivity index (χ4n) is 2.40. The Labute approximate surface area is 173 Å². The summed E-state index contributed by atoms with van der Waals surface area (Å²) in [6, 6.07) is 11.6. The van der Waals surface area contributed by atoms with E-state index in [1.165, 1.54) is 36.4 Å². The Morgan fingerprint density at radius 2 is 0.800 bits per heavy atom. The Bertz CT molecular complexity index is 868. The van der Waals surface area contributed by atoms with Crippen molar-refractivity contribution in [1.29, 1.82) is 0 Å². The fourth-order valence-corrected chi connectivity index (χ4v) is 2.40. The molecule has 0 N–H and O–H groups in total. The van der Waals surface area contributed by atoms with Crippen molar-refractivity contribution >= 4 is 23.9 Å². The van der Waals surface area contributed by atoms with Crippen molar-refractivity contribution in [1.82, 2.24) is 0 Å². The van der Waals surface area contributed by atoms with Crippen LogP contribution in [0.1, 0.15) is 69.1 Å². The van der Waals surface area contributed by atoms with E-state index in [0.717, 1.165) is 0 Å². The fraction of sp³-hybridized carbons (Fsp3) is 0.273. The van der Waals surface area contributed by atoms with Crippen LogP contribution in [0.2, 0.25) is 0 Å². The standard InChI is InChI=1S/C22H22O8/c1-13(2)27-19(23)15-9-5-7-11-17(15)21(25)29-30-22(26)18-12-8-6-10-16(18)20(24)28-14(3)4/h5-14H,1-4H3. The molecule has 8 nitrogen and oxygen atoms in total. The first kappa shape index (κ1) is 22.6. The maximum Gasteiger partial charge on any atom is 0.387 e. The van der Waals surface area contributed by atoms with Crippen molar-refractivity contribution < 1.29 is 38.4 Å². The van der Waals surface area contributed by atoms with Crippen molar-refractivity contribution in [2.75, 3.05) is 0 Å². The van der Waals surface area contributed by atoms with Gasteiger partial charge >= 0.3 is 23.9 Å². The molecule has 0 amide bonds. The second-order valence-corrected chi connectivity index (χ2v) is 6.74. The van der Waals surface area contributed by atoms with Crippen LogP contribution in [-0.4, -0.2) is 36.1 Å². The van der Waals surface area contributed by atoms with E-state index in [-0.39, 0.29) is 34.5 Å². The van der Waals surface area contributed by atoms with Gasteiger partial charge in [0.2, 0.25) is 0 Å². The molecule has 2 rings (SSSR count). The van der Waals surface area contributed by atoms with E-state index in [2.05, 4.69) is 9.78 Å². The van der Waals surface area contributed by atoms with E-state index in [9.17, 15) is 19.2 Å². The number of hydrogen-bond donors (Lipinski definition) is 0. The van der Waals surface area contributed by atoms with Crippen LogP contribution in [0.5, 0.6) is 0 Å². The van der Waals surface area contributed by atoms with Crippen LogP contribution in [0.25, 0.3) is 0 Å². The van der Waals surface area contributed by atoms with Gasteiger partial charge in [0, 0.05) is 0 Å². The third-order valence-electron chi connectivity index (χ3n) is 3.61. The van der Waals surface area contributed by atoms with Gasteiger partial charge in [0.15, 0.2) is 0 Å². The van der Waals surface area contributed by atoms with Crippen molar-refractivity contribution in [2.24, 2.45) is 0 Å². The van der Waals surface area contributed by atoms with Gasteiger partial charge in [-0.25, -0.2) is 29.0 Å². The van der Waals surface area contributed by atoms with Gasteiger partial charge in [0.25, 0.3) is 0 Å². The van der Waals surface area contributed by atoms with E-state index >= 15 is 0 Å². The first-order valence-electron chi connectivity index (χ1n) is 9.24. The summed E-state index contributed by atoms with van der Waals surface area (Å²) >= 11 is 0. The van der Waals surface area contributed by atoms with Crippen molar-refractivity contribution in [3.05, 3.63) is 70.8 Å². The van der Waals surface area contributed by atoms with Crippen LogP contribution in [0.4, 0.5) is 0 Å². The van der Waals surface area contributed by atoms with Crippen molar-refractivity contribution in [3.63, 3.8) is 0 Å². The normalized spacial score (nSPS) is 10.5. The van der Waals surface area contributed by atoms with Gasteiger partial charge in [0.1, 0.15) is 0 Å². The molecular formula is C22H22O8. The highest BCUT2D eigenvalue weighted by Gasteiger charge is 2.24. The van der Waals surface area contributed by atoms with Gasteiger partial charge < -0.3 is 9.47 Å². The number of hydrogen-bond acceptors (Lipinski definition) is 8. The maximum absolute atomic E-state index is 12.4. The Morgan fingerprint density at radius 3 is 1.07 bits per heavy atom. The van der Waals surface area contributed by atoms with Gasteiger partial charge in [-0.15, -0.1) is 0 Å². The molecule has 0 saturated heterocycles. The van der Waals surface area contributed by atoms with Crippen LogP contribution in [-0.2, 0) is 19.2 Å². The molecule has 0 spiro atoms. The van der Waals surface area contributed by atoms with E-state index in [1.54, 1.807) is 39.8 Å². The molecule has 0 bridgehead atoms. The Morgan fingerprint density at radius 1 is 0.533 bits per heavy atom. The minimum atomic E-state index is -1.07. The zero-order valence-corrected chi connectivity index (χ0v) is 17.0. The maximum atomic E-state index is 12.4. The summed E-state index contributed by atoms with van der Waals surface area (Å²) < 4.78 is 10.2. The summed E-state index contributed by atoms with van der Waals surface area (Å²) in [5.41, 5.74) is -0.340. The molecule has 0 saturated carbocycles. The van der Waals surface area contributed by atoms with Crippen LogP contribution < -0.4 is 0 Å². The van der Waals surface area contributed by atoms with Crippen LogP contribution in [0.3, 0.4) is 0 Å². The topological polar surface area (TPSA) is 105 Å². The molecule has 0 heterocycles. The summed E-state index contributed by atoms with van der Waals surface area (Å²) in [4.78, 5) is 58.2. The second-order valence-electron chi connectivity index (χ2n) is 6.74. The van der Waals surface area contributed by atoms with Crippen molar-refractivity contribution in [3.8, 4) is 0 Å². The zero-order valence-electron chi connectivity index (χ0n) is 17.0. The lowest BCUT2D eigenvalue weighted by atomic mass is 10.1. The highest BCUT2D eigenvalue weighted by Crippen LogP contribution is 2.16. The van der Waals surface area contributed by atoms with Gasteiger partial charge in [-0.2, -0.15) is 0 Å². The van der Waals surface area contributed by atoms with E-state index in [1.807, 2.05) is 0 Å². The predicted molar refractivity (Wildman–Crippen MR) is 105 cm³/mol. The number of benzene rings is 2. The largest absolute Gasteiger partial charge is 0.459 e. The highest BCUT2D eigenvalue weighted by atomic mass is 17.2. The lowest BCUT2D eigenvalue weighted by Gasteiger charge is -2.12. The van der Waals surface area contributed by atoms with Crippen LogP contribution >= 0.6 is 0 Å². The molecular weight excluding hydrogens is 392 g/mol. The quantitative estimate of drug-likeness (QED) is 0.400. The number of esters is 2. The molecule has 2 aromatic carbocycles. The highest BCUT2D eigenvalue weighted by molar-refractivity contribution is 6.05. The monoisotopic (exact) mass is 414 g/mol. The molecule has 0 atom stereocenters. The Kier molecular flexibility index (Phi) is 7.69. The summed E-state index contributed by atoms with van der Waals surface area (Å²) in [6.45, 7) is 6.68. The zero-order chi connectivity index (χ0) is 22.3. The lowest BCUT2D eigenvalue weighted by Crippen LogP contribution is -2.20. The number of carbonyl (C=O) groups excluding carboxylic acids is 4. The minimum absolute atomic E-state index is 0.0341. The molecule has 0 aliphatic carbocycles. The molecule has 0 aromatic heterocycles. The van der Waals surface area contributed by atoms with E-state index in [0.29, 0.717) is 0 Å². The van der Waals surface area contributed by atoms with Crippen LogP contribution in [0, 0.1) is 0 Å². The molecule has 0 fully saturated rings. The average Bonchev–Trinajstić information content (AvgIpc) is 2.70. The summed E-state index contributed by atoms with van der Waals surface area (Å²) in [7, 11) is 0.